The van der Waals surface area contributed by atoms with Crippen LogP contribution in [0.5, 0.6) is 5.75 Å². The molecule has 1 aromatic carbocycles. The average Bonchev–Trinajstić information content (AvgIpc) is 2.52. The maximum Gasteiger partial charge on any atom is 0.154 e. The molecule has 0 spiro atoms. The number of hydrogen-bond acceptors (Lipinski definition) is 5. The van der Waals surface area contributed by atoms with E-state index < -0.39 is 0 Å². The number of nitrogens with one attached hydrogen (secondary N) is 1. The summed E-state index contributed by atoms with van der Waals surface area (Å²) in [5.41, 5.74) is 8.28. The molecule has 108 valence electrons. The van der Waals surface area contributed by atoms with Crippen LogP contribution in [0, 0.1) is 11.3 Å². The predicted molar refractivity (Wildman–Crippen MR) is 82.3 cm³/mol. The number of aromatic nitrogens is 1. The Bertz CT molecular complexity index is 753. The third kappa shape index (κ3) is 2.82. The Hall–Kier alpha value is -2.94. The van der Waals surface area contributed by atoms with E-state index in [1.165, 1.54) is 0 Å². The van der Waals surface area contributed by atoms with Crippen molar-refractivity contribution in [1.29, 1.82) is 5.26 Å². The van der Waals surface area contributed by atoms with Gasteiger partial charge in [0.05, 0.1) is 18.5 Å². The van der Waals surface area contributed by atoms with Gasteiger partial charge in [0.1, 0.15) is 23.2 Å². The van der Waals surface area contributed by atoms with Gasteiger partial charge in [0.2, 0.25) is 0 Å². The lowest BCUT2D eigenvalue weighted by atomic mass is 10.2. The van der Waals surface area contributed by atoms with Gasteiger partial charge in [-0.15, -0.1) is 0 Å². The van der Waals surface area contributed by atoms with Gasteiger partial charge in [-0.2, -0.15) is 5.26 Å². The Kier molecular flexibility index (Phi) is 4.14. The summed E-state index contributed by atoms with van der Waals surface area (Å²) in [5.74, 6) is 1.27. The van der Waals surface area contributed by atoms with Crippen LogP contribution >= 0.6 is 0 Å². The predicted octanol–water partition coefficient (Wildman–Crippen LogP) is 1.76. The molecule has 1 heterocycles. The number of methoxy groups -OCH3 is 1. The highest BCUT2D eigenvalue weighted by molar-refractivity contribution is 5.61. The fraction of sp³-hybridized carbons (Fsp3) is 0.200. The number of hydrogen-bond donors (Lipinski definition) is 2. The molecule has 0 amide bonds. The van der Waals surface area contributed by atoms with Crippen molar-refractivity contribution < 1.29 is 4.74 Å². The van der Waals surface area contributed by atoms with Gasteiger partial charge in [-0.1, -0.05) is 0 Å². The van der Waals surface area contributed by atoms with Gasteiger partial charge >= 0.3 is 0 Å². The smallest absolute Gasteiger partial charge is 0.154 e. The number of nitrogen functional groups attached to an aromatic ring is 1. The topological polar surface area (TPSA) is 88.4 Å². The maximum atomic E-state index is 9.38. The van der Waals surface area contributed by atoms with Gasteiger partial charge in [-0.3, -0.25) is 0 Å². The van der Waals surface area contributed by atoms with E-state index in [2.05, 4.69) is 16.4 Å². The summed E-state index contributed by atoms with van der Waals surface area (Å²) in [4.78, 5) is 4.52. The zero-order valence-electron chi connectivity index (χ0n) is 12.2. The first-order chi connectivity index (χ1) is 10.1. The summed E-state index contributed by atoms with van der Waals surface area (Å²) in [6, 6.07) is 11.2. The molecule has 0 saturated carbocycles. The number of ether oxygens (including phenoxy) is 1. The normalized spacial score (nSPS) is 11.0. The number of pyridine rings is 1. The van der Waals surface area contributed by atoms with Crippen LogP contribution in [0.2, 0.25) is 0 Å². The fourth-order valence-corrected chi connectivity index (χ4v) is 1.94. The SMILES string of the molecule is CNc1cc(N)n(C)c(=Nc2ccc(OC)cc2)c1C#N. The number of benzene rings is 1. The van der Waals surface area contributed by atoms with Crippen molar-refractivity contribution in [3.8, 4) is 11.8 Å². The molecule has 2 rings (SSSR count). The van der Waals surface area contributed by atoms with Crippen molar-refractivity contribution >= 4 is 17.2 Å². The summed E-state index contributed by atoms with van der Waals surface area (Å²) < 4.78 is 6.80. The lowest BCUT2D eigenvalue weighted by Crippen LogP contribution is -2.25. The molecule has 0 fully saturated rings. The van der Waals surface area contributed by atoms with E-state index >= 15 is 0 Å². The van der Waals surface area contributed by atoms with Gasteiger partial charge < -0.3 is 20.4 Å². The molecule has 3 N–H and O–H groups in total. The van der Waals surface area contributed by atoms with Gasteiger partial charge in [-0.25, -0.2) is 4.99 Å². The molecule has 0 aliphatic rings. The van der Waals surface area contributed by atoms with Gasteiger partial charge in [0.15, 0.2) is 5.49 Å². The molecule has 21 heavy (non-hydrogen) atoms. The van der Waals surface area contributed by atoms with E-state index in [4.69, 9.17) is 10.5 Å². The van der Waals surface area contributed by atoms with E-state index in [1.807, 2.05) is 24.3 Å². The first-order valence-electron chi connectivity index (χ1n) is 6.37. The molecule has 0 bridgehead atoms. The molecule has 0 atom stereocenters. The molecular weight excluding hydrogens is 266 g/mol. The molecule has 0 saturated heterocycles. The van der Waals surface area contributed by atoms with E-state index in [0.717, 1.165) is 11.4 Å². The second-order valence-electron chi connectivity index (χ2n) is 4.41. The monoisotopic (exact) mass is 283 g/mol. The Morgan fingerprint density at radius 1 is 1.33 bits per heavy atom. The van der Waals surface area contributed by atoms with Crippen LogP contribution in [0.25, 0.3) is 0 Å². The molecule has 2 aromatic rings. The quantitative estimate of drug-likeness (QED) is 0.898. The second kappa shape index (κ2) is 6.01. The van der Waals surface area contributed by atoms with Crippen molar-refractivity contribution in [2.75, 3.05) is 25.2 Å². The first-order valence-corrected chi connectivity index (χ1v) is 6.37. The number of nitriles is 1. The number of nitrogens with two attached hydrogens (primary N) is 1. The summed E-state index contributed by atoms with van der Waals surface area (Å²) in [5, 5.41) is 12.3. The van der Waals surface area contributed by atoms with Crippen molar-refractivity contribution in [3.63, 3.8) is 0 Å². The molecule has 0 unspecified atom stereocenters. The van der Waals surface area contributed by atoms with Crippen molar-refractivity contribution in [1.82, 2.24) is 4.57 Å². The lowest BCUT2D eigenvalue weighted by molar-refractivity contribution is 0.415. The summed E-state index contributed by atoms with van der Waals surface area (Å²) >= 11 is 0. The van der Waals surface area contributed by atoms with Crippen LogP contribution in [-0.2, 0) is 7.05 Å². The summed E-state index contributed by atoms with van der Waals surface area (Å²) in [6.45, 7) is 0. The Morgan fingerprint density at radius 3 is 2.52 bits per heavy atom. The summed E-state index contributed by atoms with van der Waals surface area (Å²) in [7, 11) is 5.13. The minimum Gasteiger partial charge on any atom is -0.497 e. The van der Waals surface area contributed by atoms with E-state index in [0.29, 0.717) is 22.6 Å². The zero-order chi connectivity index (χ0) is 15.4. The third-order valence-corrected chi connectivity index (χ3v) is 3.18. The Labute approximate surface area is 123 Å². The number of nitrogens with zero attached hydrogens (tertiary/aromatic N) is 3. The third-order valence-electron chi connectivity index (χ3n) is 3.18. The first kappa shape index (κ1) is 14.5. The Balaban J connectivity index is 2.68. The highest BCUT2D eigenvalue weighted by Crippen LogP contribution is 2.18. The minimum absolute atomic E-state index is 0.449. The van der Waals surface area contributed by atoms with Gasteiger partial charge in [-0.05, 0) is 24.3 Å². The van der Waals surface area contributed by atoms with Crippen molar-refractivity contribution in [2.45, 2.75) is 0 Å². The minimum atomic E-state index is 0.449. The summed E-state index contributed by atoms with van der Waals surface area (Å²) in [6.07, 6.45) is 0. The lowest BCUT2D eigenvalue weighted by Gasteiger charge is -2.11. The zero-order valence-corrected chi connectivity index (χ0v) is 12.2. The largest absolute Gasteiger partial charge is 0.497 e. The van der Waals surface area contributed by atoms with Crippen molar-refractivity contribution in [2.24, 2.45) is 12.0 Å². The fourth-order valence-electron chi connectivity index (χ4n) is 1.94. The molecular formula is C15H17N5O. The van der Waals surface area contributed by atoms with Crippen LogP contribution in [0.3, 0.4) is 0 Å². The van der Waals surface area contributed by atoms with E-state index in [1.54, 1.807) is 31.8 Å². The van der Waals surface area contributed by atoms with Crippen LogP contribution in [0.4, 0.5) is 17.2 Å². The number of anilines is 2. The molecule has 0 aliphatic heterocycles. The van der Waals surface area contributed by atoms with E-state index in [-0.39, 0.29) is 0 Å². The van der Waals surface area contributed by atoms with Crippen LogP contribution < -0.4 is 21.3 Å². The van der Waals surface area contributed by atoms with Crippen LogP contribution in [0.15, 0.2) is 35.3 Å². The average molecular weight is 283 g/mol. The maximum absolute atomic E-state index is 9.38. The molecule has 0 radical (unpaired) electrons. The second-order valence-corrected chi connectivity index (χ2v) is 4.41. The highest BCUT2D eigenvalue weighted by atomic mass is 16.5. The standard InChI is InChI=1S/C15H17N5O/c1-18-13-8-14(17)20(2)15(12(13)9-16)19-10-4-6-11(21-3)7-5-10/h4-8,18H,17H2,1-3H3. The molecule has 6 heteroatoms. The van der Waals surface area contributed by atoms with Crippen molar-refractivity contribution in [3.05, 3.63) is 41.4 Å². The van der Waals surface area contributed by atoms with Gasteiger partial charge in [0.25, 0.3) is 0 Å². The van der Waals surface area contributed by atoms with Gasteiger partial charge in [0, 0.05) is 20.2 Å². The molecule has 0 aliphatic carbocycles. The highest BCUT2D eigenvalue weighted by Gasteiger charge is 2.08. The van der Waals surface area contributed by atoms with E-state index in [9.17, 15) is 5.26 Å². The molecule has 6 nitrogen and oxygen atoms in total. The van der Waals surface area contributed by atoms with Crippen LogP contribution in [-0.4, -0.2) is 18.7 Å². The molecule has 1 aromatic heterocycles. The van der Waals surface area contributed by atoms with Crippen LogP contribution in [0.1, 0.15) is 5.56 Å². The number of rotatable bonds is 3. The Morgan fingerprint density at radius 2 is 2.00 bits per heavy atom.